The summed E-state index contributed by atoms with van der Waals surface area (Å²) in [5.41, 5.74) is 8.20. The van der Waals surface area contributed by atoms with Gasteiger partial charge in [0.2, 0.25) is 0 Å². The van der Waals surface area contributed by atoms with Crippen LogP contribution in [0.5, 0.6) is 0 Å². The Balaban J connectivity index is 1.06. The summed E-state index contributed by atoms with van der Waals surface area (Å²) >= 11 is 0. The van der Waals surface area contributed by atoms with Crippen LogP contribution in [0.4, 0.5) is 0 Å². The summed E-state index contributed by atoms with van der Waals surface area (Å²) < 4.78 is 10.8. The molecule has 0 bridgehead atoms. The molecule has 13 heteroatoms. The SMILES string of the molecule is CNCCN(C)Cc1cn(CC(C)[C@H]2CC[C@H](c3nn(CC(C)[C@H]4CC[C@@H](c5n[nH]cc5CN(C)CCNC)CC4)cc3CN(C)CCNC)CC2)nc1C1CC(C)OC(C)C1. The number of aromatic nitrogens is 6. The monoisotopic (exact) mass is 861 g/mol. The van der Waals surface area contributed by atoms with Crippen LogP contribution in [-0.2, 0) is 37.5 Å². The van der Waals surface area contributed by atoms with Crippen molar-refractivity contribution in [3.05, 3.63) is 52.4 Å². The van der Waals surface area contributed by atoms with Crippen molar-refractivity contribution in [1.82, 2.24) is 60.4 Å². The van der Waals surface area contributed by atoms with E-state index in [0.29, 0.717) is 35.5 Å². The predicted octanol–water partition coefficient (Wildman–Crippen LogP) is 6.65. The van der Waals surface area contributed by atoms with E-state index in [9.17, 15) is 0 Å². The molecule has 13 nitrogen and oxygen atoms in total. The summed E-state index contributed by atoms with van der Waals surface area (Å²) in [5, 5.41) is 28.8. The highest BCUT2D eigenvalue weighted by atomic mass is 16.5. The Hall–Kier alpha value is -2.65. The maximum atomic E-state index is 6.15. The van der Waals surface area contributed by atoms with Crippen molar-refractivity contribution in [1.29, 1.82) is 0 Å². The molecule has 2 saturated carbocycles. The Kier molecular flexibility index (Phi) is 18.9. The van der Waals surface area contributed by atoms with E-state index in [1.807, 2.05) is 21.1 Å². The summed E-state index contributed by atoms with van der Waals surface area (Å²) in [7, 11) is 12.8. The normalized spacial score (nSPS) is 25.9. The predicted molar refractivity (Wildman–Crippen MR) is 254 cm³/mol. The number of hydrogen-bond acceptors (Lipinski definition) is 10. The molecule has 0 spiro atoms. The number of hydrogen-bond donors (Lipinski definition) is 4. The van der Waals surface area contributed by atoms with Gasteiger partial charge < -0.3 is 35.4 Å². The Morgan fingerprint density at radius 3 is 1.45 bits per heavy atom. The Morgan fingerprint density at radius 1 is 0.613 bits per heavy atom. The largest absolute Gasteiger partial charge is 0.376 e. The molecule has 1 aliphatic heterocycles. The van der Waals surface area contributed by atoms with Crippen LogP contribution in [0.2, 0.25) is 0 Å². The van der Waals surface area contributed by atoms with Crippen LogP contribution in [0, 0.1) is 23.7 Å². The van der Waals surface area contributed by atoms with E-state index in [4.69, 9.17) is 20.0 Å². The van der Waals surface area contributed by atoms with Crippen LogP contribution < -0.4 is 16.0 Å². The van der Waals surface area contributed by atoms with E-state index in [0.717, 1.165) is 90.8 Å². The van der Waals surface area contributed by atoms with Crippen molar-refractivity contribution < 1.29 is 4.74 Å². The van der Waals surface area contributed by atoms with Gasteiger partial charge in [0, 0.05) is 125 Å². The molecule has 6 rings (SSSR count). The number of nitrogens with one attached hydrogen (secondary N) is 4. The number of H-pyrrole nitrogens is 1. The van der Waals surface area contributed by atoms with Crippen LogP contribution in [0.1, 0.15) is 143 Å². The van der Waals surface area contributed by atoms with E-state index in [-0.39, 0.29) is 12.2 Å². The molecule has 3 aliphatic rings. The first kappa shape index (κ1) is 48.8. The molecule has 62 heavy (non-hydrogen) atoms. The quantitative estimate of drug-likeness (QED) is 0.0781. The fourth-order valence-electron chi connectivity index (χ4n) is 11.3. The van der Waals surface area contributed by atoms with Gasteiger partial charge in [0.15, 0.2) is 0 Å². The van der Waals surface area contributed by atoms with Crippen molar-refractivity contribution in [3.63, 3.8) is 0 Å². The third-order valence-corrected chi connectivity index (χ3v) is 15.0. The molecule has 3 aromatic rings. The highest BCUT2D eigenvalue weighted by Crippen LogP contribution is 2.42. The first-order valence-electron chi connectivity index (χ1n) is 24.7. The molecule has 3 aromatic heterocycles. The van der Waals surface area contributed by atoms with E-state index >= 15 is 0 Å². The lowest BCUT2D eigenvalue weighted by Crippen LogP contribution is -2.30. The summed E-state index contributed by atoms with van der Waals surface area (Å²) in [6.45, 7) is 20.3. The Labute approximate surface area is 376 Å². The average Bonchev–Trinajstić information content (AvgIpc) is 3.99. The zero-order valence-corrected chi connectivity index (χ0v) is 40.8. The molecule has 4 unspecified atom stereocenters. The van der Waals surface area contributed by atoms with Crippen molar-refractivity contribution in [2.24, 2.45) is 23.7 Å². The van der Waals surface area contributed by atoms with Crippen molar-refractivity contribution in [3.8, 4) is 0 Å². The minimum Gasteiger partial charge on any atom is -0.376 e. The third kappa shape index (κ3) is 13.7. The first-order chi connectivity index (χ1) is 29.9. The Morgan fingerprint density at radius 2 is 1.02 bits per heavy atom. The van der Waals surface area contributed by atoms with Gasteiger partial charge >= 0.3 is 0 Å². The van der Waals surface area contributed by atoms with Gasteiger partial charge in [-0.25, -0.2) is 0 Å². The summed E-state index contributed by atoms with van der Waals surface area (Å²) in [4.78, 5) is 7.29. The molecule has 4 atom stereocenters. The number of rotatable bonds is 24. The highest BCUT2D eigenvalue weighted by molar-refractivity contribution is 5.24. The molecule has 0 radical (unpaired) electrons. The number of ether oxygens (including phenoxy) is 1. The van der Waals surface area contributed by atoms with Gasteiger partial charge in [0.05, 0.1) is 29.3 Å². The smallest absolute Gasteiger partial charge is 0.0702 e. The highest BCUT2D eigenvalue weighted by Gasteiger charge is 2.33. The zero-order valence-electron chi connectivity index (χ0n) is 40.8. The van der Waals surface area contributed by atoms with Gasteiger partial charge in [-0.3, -0.25) is 14.5 Å². The fourth-order valence-corrected chi connectivity index (χ4v) is 11.3. The molecule has 3 fully saturated rings. The van der Waals surface area contributed by atoms with Gasteiger partial charge in [0.25, 0.3) is 0 Å². The van der Waals surface area contributed by atoms with Crippen molar-refractivity contribution in [2.45, 2.75) is 155 Å². The lowest BCUT2D eigenvalue weighted by Gasteiger charge is -2.33. The van der Waals surface area contributed by atoms with Crippen LogP contribution in [0.25, 0.3) is 0 Å². The van der Waals surface area contributed by atoms with Gasteiger partial charge in [-0.2, -0.15) is 15.3 Å². The van der Waals surface area contributed by atoms with E-state index in [2.05, 4.69) is 113 Å². The van der Waals surface area contributed by atoms with Crippen LogP contribution in [-0.4, -0.2) is 138 Å². The van der Waals surface area contributed by atoms with Crippen LogP contribution >= 0.6 is 0 Å². The minimum atomic E-state index is 0.278. The lowest BCUT2D eigenvalue weighted by molar-refractivity contribution is -0.0387. The number of nitrogens with zero attached hydrogens (tertiary/aromatic N) is 8. The van der Waals surface area contributed by atoms with E-state index in [1.165, 1.54) is 85.1 Å². The molecule has 4 heterocycles. The second-order valence-electron chi connectivity index (χ2n) is 20.4. The summed E-state index contributed by atoms with van der Waals surface area (Å²) in [6.07, 6.45) is 19.6. The second-order valence-corrected chi connectivity index (χ2v) is 20.4. The average molecular weight is 861 g/mol. The van der Waals surface area contributed by atoms with Gasteiger partial charge in [-0.05, 0) is 144 Å². The summed E-state index contributed by atoms with van der Waals surface area (Å²) in [6, 6.07) is 0. The fraction of sp³-hybridized carbons (Fsp3) is 0.816. The van der Waals surface area contributed by atoms with E-state index < -0.39 is 0 Å². The molecular weight excluding hydrogens is 773 g/mol. The van der Waals surface area contributed by atoms with Crippen LogP contribution in [0.15, 0.2) is 18.6 Å². The van der Waals surface area contributed by atoms with Crippen molar-refractivity contribution in [2.75, 3.05) is 81.6 Å². The molecule has 2 aliphatic carbocycles. The maximum absolute atomic E-state index is 6.15. The molecule has 1 saturated heterocycles. The van der Waals surface area contributed by atoms with Gasteiger partial charge in [-0.1, -0.05) is 13.8 Å². The maximum Gasteiger partial charge on any atom is 0.0702 e. The first-order valence-corrected chi connectivity index (χ1v) is 24.7. The molecule has 4 N–H and O–H groups in total. The van der Waals surface area contributed by atoms with E-state index in [1.54, 1.807) is 0 Å². The van der Waals surface area contributed by atoms with Crippen molar-refractivity contribution >= 4 is 0 Å². The van der Waals surface area contributed by atoms with Gasteiger partial charge in [0.1, 0.15) is 0 Å². The molecule has 350 valence electrons. The van der Waals surface area contributed by atoms with Crippen LogP contribution in [0.3, 0.4) is 0 Å². The number of likely N-dealkylation sites (N-methyl/N-ethyl adjacent to an activating group) is 6. The Bertz CT molecular complexity index is 1710. The second kappa shape index (κ2) is 24.0. The lowest BCUT2D eigenvalue weighted by atomic mass is 9.75. The molecule has 0 amide bonds. The molecular formula is C49H88N12O. The zero-order chi connectivity index (χ0) is 44.2. The summed E-state index contributed by atoms with van der Waals surface area (Å²) in [5.74, 6) is 4.17. The van der Waals surface area contributed by atoms with Gasteiger partial charge in [-0.15, -0.1) is 0 Å². The molecule has 0 aromatic carbocycles. The third-order valence-electron chi connectivity index (χ3n) is 15.0. The topological polar surface area (TPSA) is 119 Å². The number of aromatic amines is 1. The standard InChI is InChI=1S/C49H88N12O/c1-35(39-11-15-41(16-12-39)47-44(27-53-54-47)30-57(8)22-19-50-5)28-60-33-45(31-58(9)23-20-51-6)48(55-60)42-17-13-40(14-18-42)36(2)29-61-34-46(32-59(10)24-21-52-7)49(56-61)43-25-37(3)62-38(4)26-43/h27,33-43,50-52H,11-26,28-32H2,1-10H3,(H,53,54)/t35?,36?,37?,38?,39-,40-,41+,42-,43?. The minimum absolute atomic E-state index is 0.278.